The Kier molecular flexibility index (Phi) is 5.32. The van der Waals surface area contributed by atoms with Gasteiger partial charge in [0.15, 0.2) is 0 Å². The summed E-state index contributed by atoms with van der Waals surface area (Å²) >= 11 is 1.46. The van der Waals surface area contributed by atoms with Gasteiger partial charge in [0.25, 0.3) is 5.91 Å². The van der Waals surface area contributed by atoms with E-state index < -0.39 is 29.4 Å². The van der Waals surface area contributed by atoms with Crippen LogP contribution in [0.15, 0.2) is 66.7 Å². The van der Waals surface area contributed by atoms with Gasteiger partial charge in [-0.2, -0.15) is 0 Å². The number of halogens is 1. The molecule has 4 amide bonds. The molecular weight excluding hydrogens is 441 g/mol. The van der Waals surface area contributed by atoms with Crippen molar-refractivity contribution in [3.05, 3.63) is 83.7 Å². The Bertz CT molecular complexity index is 1280. The van der Waals surface area contributed by atoms with E-state index in [0.717, 1.165) is 15.7 Å². The zero-order valence-electron chi connectivity index (χ0n) is 18.0. The van der Waals surface area contributed by atoms with Crippen LogP contribution in [0.1, 0.15) is 23.4 Å². The van der Waals surface area contributed by atoms with Crippen molar-refractivity contribution in [3.8, 4) is 0 Å². The Balaban J connectivity index is 1.41. The van der Waals surface area contributed by atoms with Gasteiger partial charge in [0.2, 0.25) is 5.91 Å². The second kappa shape index (κ2) is 8.19. The number of imide groups is 1. The maximum absolute atomic E-state index is 14.3. The number of carbonyl (C=O) groups excluding carboxylic acids is 3. The topological polar surface area (TPSA) is 69.7 Å². The number of nitrogens with zero attached hydrogens (tertiary/aromatic N) is 2. The molecule has 0 aromatic heterocycles. The highest BCUT2D eigenvalue weighted by Gasteiger charge is 2.50. The lowest BCUT2D eigenvalue weighted by atomic mass is 9.88. The van der Waals surface area contributed by atoms with Crippen LogP contribution in [0.25, 0.3) is 10.8 Å². The summed E-state index contributed by atoms with van der Waals surface area (Å²) in [4.78, 5) is 41.9. The van der Waals surface area contributed by atoms with Crippen molar-refractivity contribution in [3.63, 3.8) is 0 Å². The van der Waals surface area contributed by atoms with Crippen LogP contribution in [0, 0.1) is 5.82 Å². The van der Waals surface area contributed by atoms with Crippen molar-refractivity contribution < 1.29 is 18.8 Å². The molecule has 33 heavy (non-hydrogen) atoms. The fourth-order valence-electron chi connectivity index (χ4n) is 4.57. The fourth-order valence-corrected chi connectivity index (χ4v) is 5.87. The molecule has 2 atom stereocenters. The van der Waals surface area contributed by atoms with Gasteiger partial charge >= 0.3 is 6.03 Å². The molecule has 0 radical (unpaired) electrons. The number of carbonyl (C=O) groups is 3. The predicted octanol–water partition coefficient (Wildman–Crippen LogP) is 4.02. The molecule has 0 bridgehead atoms. The van der Waals surface area contributed by atoms with Crippen LogP contribution in [-0.4, -0.2) is 46.5 Å². The van der Waals surface area contributed by atoms with Gasteiger partial charge in [-0.15, -0.1) is 11.8 Å². The van der Waals surface area contributed by atoms with Crippen LogP contribution in [0.3, 0.4) is 0 Å². The minimum atomic E-state index is -1.29. The lowest BCUT2D eigenvalue weighted by Gasteiger charge is -2.27. The molecule has 2 fully saturated rings. The quantitative estimate of drug-likeness (QED) is 0.594. The number of fused-ring (bicyclic) bond motifs is 1. The number of amides is 4. The second-order valence-corrected chi connectivity index (χ2v) is 9.49. The van der Waals surface area contributed by atoms with Crippen LogP contribution < -0.4 is 5.32 Å². The van der Waals surface area contributed by atoms with Crippen molar-refractivity contribution in [2.75, 3.05) is 18.8 Å². The van der Waals surface area contributed by atoms with E-state index in [9.17, 15) is 18.8 Å². The number of rotatable bonds is 4. The number of hydrogen-bond donors (Lipinski definition) is 1. The molecule has 168 valence electrons. The average Bonchev–Trinajstić information content (AvgIpc) is 3.38. The van der Waals surface area contributed by atoms with Gasteiger partial charge < -0.3 is 10.2 Å². The summed E-state index contributed by atoms with van der Waals surface area (Å²) < 4.78 is 14.3. The summed E-state index contributed by atoms with van der Waals surface area (Å²) in [5.41, 5.74) is -0.191. The van der Waals surface area contributed by atoms with Gasteiger partial charge in [-0.25, -0.2) is 9.18 Å². The molecule has 5 rings (SSSR count). The molecule has 3 aromatic rings. The molecule has 6 nitrogen and oxygen atoms in total. The third kappa shape index (κ3) is 3.54. The van der Waals surface area contributed by atoms with Crippen molar-refractivity contribution in [2.24, 2.45) is 0 Å². The van der Waals surface area contributed by atoms with E-state index in [2.05, 4.69) is 5.32 Å². The number of thioether (sulfide) groups is 1. The van der Waals surface area contributed by atoms with Gasteiger partial charge in [-0.1, -0.05) is 60.7 Å². The van der Waals surface area contributed by atoms with Gasteiger partial charge in [0.1, 0.15) is 23.3 Å². The molecule has 2 saturated heterocycles. The van der Waals surface area contributed by atoms with Crippen LogP contribution in [0.5, 0.6) is 0 Å². The van der Waals surface area contributed by atoms with Crippen LogP contribution in [-0.2, 0) is 15.1 Å². The van der Waals surface area contributed by atoms with E-state index in [1.54, 1.807) is 25.1 Å². The van der Waals surface area contributed by atoms with Crippen LogP contribution >= 0.6 is 11.8 Å². The average molecular weight is 464 g/mol. The highest BCUT2D eigenvalue weighted by molar-refractivity contribution is 7.99. The Morgan fingerprint density at radius 1 is 1.09 bits per heavy atom. The third-order valence-electron chi connectivity index (χ3n) is 6.28. The molecule has 8 heteroatoms. The molecule has 2 unspecified atom stereocenters. The smallest absolute Gasteiger partial charge is 0.324 e. The summed E-state index contributed by atoms with van der Waals surface area (Å²) in [6, 6.07) is 19.0. The molecule has 0 saturated carbocycles. The lowest BCUT2D eigenvalue weighted by molar-refractivity contribution is -0.139. The van der Waals surface area contributed by atoms with Gasteiger partial charge in [-0.3, -0.25) is 14.5 Å². The number of urea groups is 1. The van der Waals surface area contributed by atoms with Crippen molar-refractivity contribution >= 4 is 40.4 Å². The van der Waals surface area contributed by atoms with E-state index in [-0.39, 0.29) is 11.7 Å². The zero-order valence-corrected chi connectivity index (χ0v) is 18.8. The molecule has 1 N–H and O–H groups in total. The van der Waals surface area contributed by atoms with Gasteiger partial charge in [0, 0.05) is 17.9 Å². The SMILES string of the molecule is CC1(c2cccc3ccccc23)NC(=O)N(CC(=O)N2CCSC2c2ccccc2F)C1=O. The lowest BCUT2D eigenvalue weighted by Crippen LogP contribution is -2.44. The van der Waals surface area contributed by atoms with E-state index in [4.69, 9.17) is 0 Å². The summed E-state index contributed by atoms with van der Waals surface area (Å²) in [5.74, 6) is -0.600. The molecule has 2 aliphatic rings. The number of nitrogens with one attached hydrogen (secondary N) is 1. The second-order valence-electron chi connectivity index (χ2n) is 8.30. The van der Waals surface area contributed by atoms with E-state index in [1.165, 1.54) is 22.7 Å². The number of hydrogen-bond acceptors (Lipinski definition) is 4. The van der Waals surface area contributed by atoms with Crippen LogP contribution in [0.2, 0.25) is 0 Å². The van der Waals surface area contributed by atoms with Crippen molar-refractivity contribution in [1.29, 1.82) is 0 Å². The maximum atomic E-state index is 14.3. The van der Waals surface area contributed by atoms with E-state index >= 15 is 0 Å². The summed E-state index contributed by atoms with van der Waals surface area (Å²) in [6.45, 7) is 1.69. The Morgan fingerprint density at radius 2 is 1.82 bits per heavy atom. The normalized spacial score (nSPS) is 22.8. The van der Waals surface area contributed by atoms with Gasteiger partial charge in [0.05, 0.1) is 0 Å². The summed E-state index contributed by atoms with van der Waals surface area (Å²) in [5, 5.41) is 4.12. The molecule has 3 aromatic carbocycles. The van der Waals surface area contributed by atoms with E-state index in [0.29, 0.717) is 23.4 Å². The standard InChI is InChI=1S/C25H22FN3O3S/c1-25(19-11-6-8-16-7-2-3-9-17(16)19)23(31)29(24(32)27-25)15-21(30)28-13-14-33-22(28)18-10-4-5-12-20(18)26/h2-12,22H,13-15H2,1H3,(H,27,32). The first-order valence-corrected chi connectivity index (χ1v) is 11.7. The first kappa shape index (κ1) is 21.5. The fraction of sp³-hybridized carbons (Fsp3) is 0.240. The Hall–Kier alpha value is -3.39. The van der Waals surface area contributed by atoms with Crippen molar-refractivity contribution in [1.82, 2.24) is 15.1 Å². The first-order valence-electron chi connectivity index (χ1n) is 10.7. The first-order chi connectivity index (χ1) is 15.9. The molecular formula is C25H22FN3O3S. The summed E-state index contributed by atoms with van der Waals surface area (Å²) in [7, 11) is 0. The monoisotopic (exact) mass is 463 g/mol. The van der Waals surface area contributed by atoms with Crippen molar-refractivity contribution in [2.45, 2.75) is 17.8 Å². The maximum Gasteiger partial charge on any atom is 0.325 e. The Morgan fingerprint density at radius 3 is 2.64 bits per heavy atom. The van der Waals surface area contributed by atoms with Crippen LogP contribution in [0.4, 0.5) is 9.18 Å². The van der Waals surface area contributed by atoms with E-state index in [1.807, 2.05) is 42.5 Å². The molecule has 0 spiro atoms. The molecule has 2 heterocycles. The highest BCUT2D eigenvalue weighted by atomic mass is 32.2. The minimum absolute atomic E-state index is 0.381. The van der Waals surface area contributed by atoms with Gasteiger partial charge in [-0.05, 0) is 29.3 Å². The molecule has 2 aliphatic heterocycles. The largest absolute Gasteiger partial charge is 0.325 e. The minimum Gasteiger partial charge on any atom is -0.324 e. The number of benzene rings is 3. The highest BCUT2D eigenvalue weighted by Crippen LogP contribution is 2.39. The zero-order chi connectivity index (χ0) is 23.2. The summed E-state index contributed by atoms with van der Waals surface area (Å²) in [6.07, 6.45) is 0. The predicted molar refractivity (Wildman–Crippen MR) is 125 cm³/mol. The molecule has 0 aliphatic carbocycles. The Labute approximate surface area is 194 Å². The third-order valence-corrected chi connectivity index (χ3v) is 7.52.